The first-order valence-corrected chi connectivity index (χ1v) is 12.6. The second kappa shape index (κ2) is 11.9. The summed E-state index contributed by atoms with van der Waals surface area (Å²) in [5, 5.41) is 5.78. The highest BCUT2D eigenvalue weighted by molar-refractivity contribution is 5.93. The Labute approximate surface area is 212 Å². The van der Waals surface area contributed by atoms with Gasteiger partial charge in [0, 0.05) is 11.6 Å². The van der Waals surface area contributed by atoms with Crippen molar-refractivity contribution in [2.24, 2.45) is 5.92 Å². The standard InChI is InChI=1S/C28H47N3O4/c1-13-28(11,12)31(25(33)22(17(2)3)30-26(34)35-27(8,9)10)23(24(32)29-18(4)5)21-15-14-19(6)16-20(21)7/h14-18,22-23H,13H2,1-12H3,(H,29,32)(H,30,34). The number of hydrogen-bond acceptors (Lipinski definition) is 4. The number of carbonyl (C=O) groups is 3. The van der Waals surface area contributed by atoms with Gasteiger partial charge in [-0.1, -0.05) is 44.5 Å². The van der Waals surface area contributed by atoms with Crippen molar-refractivity contribution in [1.82, 2.24) is 15.5 Å². The molecule has 7 heteroatoms. The molecule has 2 unspecified atom stereocenters. The minimum atomic E-state index is -0.865. The van der Waals surface area contributed by atoms with Crippen LogP contribution in [0.15, 0.2) is 18.2 Å². The number of aryl methyl sites for hydroxylation is 2. The Bertz CT molecular complexity index is 900. The molecule has 2 atom stereocenters. The zero-order chi connectivity index (χ0) is 27.3. The van der Waals surface area contributed by atoms with Gasteiger partial charge in [-0.2, -0.15) is 0 Å². The smallest absolute Gasteiger partial charge is 0.408 e. The number of ether oxygens (including phenoxy) is 1. The van der Waals surface area contributed by atoms with E-state index in [9.17, 15) is 14.4 Å². The van der Waals surface area contributed by atoms with Gasteiger partial charge >= 0.3 is 6.09 Å². The first kappa shape index (κ1) is 30.5. The van der Waals surface area contributed by atoms with E-state index >= 15 is 0 Å². The second-order valence-corrected chi connectivity index (χ2v) is 11.7. The molecule has 0 aliphatic rings. The molecule has 0 aromatic heterocycles. The summed E-state index contributed by atoms with van der Waals surface area (Å²) in [4.78, 5) is 42.2. The maximum Gasteiger partial charge on any atom is 0.408 e. The highest BCUT2D eigenvalue weighted by Gasteiger charge is 2.44. The molecular weight excluding hydrogens is 442 g/mol. The lowest BCUT2D eigenvalue weighted by molar-refractivity contribution is -0.150. The van der Waals surface area contributed by atoms with Gasteiger partial charge in [-0.3, -0.25) is 9.59 Å². The van der Waals surface area contributed by atoms with Crippen molar-refractivity contribution in [2.75, 3.05) is 0 Å². The number of benzene rings is 1. The van der Waals surface area contributed by atoms with Gasteiger partial charge in [0.05, 0.1) is 0 Å². The lowest BCUT2D eigenvalue weighted by Crippen LogP contribution is -2.60. The first-order chi connectivity index (χ1) is 15.9. The molecule has 198 valence electrons. The van der Waals surface area contributed by atoms with Crippen LogP contribution in [0.4, 0.5) is 4.79 Å². The van der Waals surface area contributed by atoms with Gasteiger partial charge in [0.25, 0.3) is 0 Å². The van der Waals surface area contributed by atoms with Crippen molar-refractivity contribution < 1.29 is 19.1 Å². The third kappa shape index (κ3) is 8.55. The summed E-state index contributed by atoms with van der Waals surface area (Å²) in [7, 11) is 0. The molecule has 0 saturated heterocycles. The summed E-state index contributed by atoms with van der Waals surface area (Å²) in [6, 6.07) is 4.08. The maximum atomic E-state index is 14.3. The first-order valence-electron chi connectivity index (χ1n) is 12.6. The molecule has 0 saturated carbocycles. The Kier molecular flexibility index (Phi) is 10.4. The normalized spacial score (nSPS) is 13.9. The molecule has 0 spiro atoms. The number of alkyl carbamates (subject to hydrolysis) is 1. The maximum absolute atomic E-state index is 14.3. The average Bonchev–Trinajstić information content (AvgIpc) is 2.68. The third-order valence-electron chi connectivity index (χ3n) is 6.02. The number of rotatable bonds is 9. The fourth-order valence-corrected chi connectivity index (χ4v) is 3.94. The summed E-state index contributed by atoms with van der Waals surface area (Å²) in [6.07, 6.45) is -0.0414. The monoisotopic (exact) mass is 489 g/mol. The van der Waals surface area contributed by atoms with E-state index in [1.807, 2.05) is 80.5 Å². The van der Waals surface area contributed by atoms with E-state index in [2.05, 4.69) is 10.6 Å². The van der Waals surface area contributed by atoms with Gasteiger partial charge in [0.1, 0.15) is 17.7 Å². The zero-order valence-electron chi connectivity index (χ0n) is 23.8. The van der Waals surface area contributed by atoms with Crippen LogP contribution in [0.3, 0.4) is 0 Å². The molecule has 35 heavy (non-hydrogen) atoms. The van der Waals surface area contributed by atoms with Crippen molar-refractivity contribution in [3.8, 4) is 0 Å². The van der Waals surface area contributed by atoms with Crippen molar-refractivity contribution in [3.63, 3.8) is 0 Å². The van der Waals surface area contributed by atoms with Crippen molar-refractivity contribution in [3.05, 3.63) is 34.9 Å². The van der Waals surface area contributed by atoms with Crippen molar-refractivity contribution in [2.45, 2.75) is 119 Å². The van der Waals surface area contributed by atoms with E-state index in [0.29, 0.717) is 6.42 Å². The van der Waals surface area contributed by atoms with Gasteiger partial charge in [0.2, 0.25) is 11.8 Å². The Hall–Kier alpha value is -2.57. The van der Waals surface area contributed by atoms with E-state index in [1.54, 1.807) is 25.7 Å². The highest BCUT2D eigenvalue weighted by Crippen LogP contribution is 2.34. The van der Waals surface area contributed by atoms with Gasteiger partial charge < -0.3 is 20.3 Å². The van der Waals surface area contributed by atoms with Crippen LogP contribution in [-0.2, 0) is 14.3 Å². The van der Waals surface area contributed by atoms with Gasteiger partial charge in [-0.05, 0) is 85.8 Å². The predicted molar refractivity (Wildman–Crippen MR) is 141 cm³/mol. The van der Waals surface area contributed by atoms with Crippen molar-refractivity contribution in [1.29, 1.82) is 0 Å². The van der Waals surface area contributed by atoms with Crippen LogP contribution >= 0.6 is 0 Å². The molecule has 0 heterocycles. The molecule has 1 aromatic carbocycles. The fourth-order valence-electron chi connectivity index (χ4n) is 3.94. The third-order valence-corrected chi connectivity index (χ3v) is 6.02. The Morgan fingerprint density at radius 2 is 1.54 bits per heavy atom. The molecule has 1 aromatic rings. The van der Waals surface area contributed by atoms with Crippen LogP contribution in [0.25, 0.3) is 0 Å². The average molecular weight is 490 g/mol. The van der Waals surface area contributed by atoms with E-state index in [-0.39, 0.29) is 23.8 Å². The Morgan fingerprint density at radius 3 is 1.97 bits per heavy atom. The molecule has 3 amide bonds. The molecule has 7 nitrogen and oxygen atoms in total. The Balaban J connectivity index is 3.69. The fraction of sp³-hybridized carbons (Fsp3) is 0.679. The van der Waals surface area contributed by atoms with Crippen molar-refractivity contribution >= 4 is 17.9 Å². The molecular formula is C28H47N3O4. The number of carbonyl (C=O) groups excluding carboxylic acids is 3. The van der Waals surface area contributed by atoms with Gasteiger partial charge in [-0.15, -0.1) is 0 Å². The largest absolute Gasteiger partial charge is 0.444 e. The second-order valence-electron chi connectivity index (χ2n) is 11.7. The van der Waals surface area contributed by atoms with Crippen LogP contribution < -0.4 is 10.6 Å². The molecule has 0 fully saturated rings. The van der Waals surface area contributed by atoms with Gasteiger partial charge in [0.15, 0.2) is 0 Å². The summed E-state index contributed by atoms with van der Waals surface area (Å²) >= 11 is 0. The predicted octanol–water partition coefficient (Wildman–Crippen LogP) is 5.44. The molecule has 0 radical (unpaired) electrons. The molecule has 0 bridgehead atoms. The van der Waals surface area contributed by atoms with E-state index in [0.717, 1.165) is 16.7 Å². The highest BCUT2D eigenvalue weighted by atomic mass is 16.6. The SMILES string of the molecule is CCC(C)(C)N(C(=O)C(NC(=O)OC(C)(C)C)C(C)C)C(C(=O)NC(C)C)c1ccc(C)cc1C. The summed E-state index contributed by atoms with van der Waals surface area (Å²) in [6.45, 7) is 22.7. The van der Waals surface area contributed by atoms with Crippen LogP contribution in [0.2, 0.25) is 0 Å². The summed E-state index contributed by atoms with van der Waals surface area (Å²) < 4.78 is 5.44. The van der Waals surface area contributed by atoms with E-state index in [1.165, 1.54) is 0 Å². The lowest BCUT2D eigenvalue weighted by atomic mass is 9.88. The number of hydrogen-bond donors (Lipinski definition) is 2. The number of nitrogens with zero attached hydrogens (tertiary/aromatic N) is 1. The van der Waals surface area contributed by atoms with E-state index < -0.39 is 29.3 Å². The topological polar surface area (TPSA) is 87.7 Å². The minimum Gasteiger partial charge on any atom is -0.444 e. The van der Waals surface area contributed by atoms with E-state index in [4.69, 9.17) is 4.74 Å². The number of amides is 3. The molecule has 2 N–H and O–H groups in total. The summed E-state index contributed by atoms with van der Waals surface area (Å²) in [5.41, 5.74) is 1.41. The lowest BCUT2D eigenvalue weighted by Gasteiger charge is -2.45. The quantitative estimate of drug-likeness (QED) is 0.484. The zero-order valence-corrected chi connectivity index (χ0v) is 23.8. The van der Waals surface area contributed by atoms with Crippen LogP contribution in [0.5, 0.6) is 0 Å². The molecule has 0 aliphatic heterocycles. The minimum absolute atomic E-state index is 0.0989. The van der Waals surface area contributed by atoms with Crippen LogP contribution in [0.1, 0.15) is 98.4 Å². The van der Waals surface area contributed by atoms with Crippen LogP contribution in [0, 0.1) is 19.8 Å². The van der Waals surface area contributed by atoms with Gasteiger partial charge in [-0.25, -0.2) is 4.79 Å². The Morgan fingerprint density at radius 1 is 0.971 bits per heavy atom. The van der Waals surface area contributed by atoms with Crippen LogP contribution in [-0.4, -0.2) is 46.0 Å². The number of nitrogens with one attached hydrogen (secondary N) is 2. The molecule has 0 aliphatic carbocycles. The molecule has 1 rings (SSSR count). The summed E-state index contributed by atoms with van der Waals surface area (Å²) in [5.74, 6) is -0.790.